The van der Waals surface area contributed by atoms with Crippen LogP contribution in [0.4, 0.5) is 0 Å². The maximum absolute atomic E-state index is 11.9. The van der Waals surface area contributed by atoms with Crippen molar-refractivity contribution in [2.24, 2.45) is 5.16 Å². The van der Waals surface area contributed by atoms with Crippen LogP contribution in [0.5, 0.6) is 0 Å². The SMILES string of the molecule is O=C(CN1CCC(=NO)CC1)c1ccccc1. The zero-order valence-corrected chi connectivity index (χ0v) is 9.67. The normalized spacial score (nSPS) is 16.8. The molecular weight excluding hydrogens is 216 g/mol. The van der Waals surface area contributed by atoms with Gasteiger partial charge in [-0.05, 0) is 0 Å². The molecule has 1 aromatic carbocycles. The highest BCUT2D eigenvalue weighted by Gasteiger charge is 2.18. The maximum atomic E-state index is 11.9. The molecule has 0 bridgehead atoms. The lowest BCUT2D eigenvalue weighted by molar-refractivity contribution is 0.0929. The summed E-state index contributed by atoms with van der Waals surface area (Å²) < 4.78 is 0. The van der Waals surface area contributed by atoms with Crippen LogP contribution in [-0.4, -0.2) is 41.2 Å². The Morgan fingerprint density at radius 2 is 1.88 bits per heavy atom. The van der Waals surface area contributed by atoms with E-state index in [1.807, 2.05) is 30.3 Å². The number of rotatable bonds is 3. The second-order valence-corrected chi connectivity index (χ2v) is 4.23. The molecular formula is C13H16N2O2. The fourth-order valence-electron chi connectivity index (χ4n) is 1.99. The van der Waals surface area contributed by atoms with Crippen LogP contribution in [-0.2, 0) is 0 Å². The first-order chi connectivity index (χ1) is 8.29. The Kier molecular flexibility index (Phi) is 3.88. The summed E-state index contributed by atoms with van der Waals surface area (Å²) in [6.45, 7) is 2.03. The van der Waals surface area contributed by atoms with Crippen molar-refractivity contribution in [3.63, 3.8) is 0 Å². The van der Waals surface area contributed by atoms with Gasteiger partial charge < -0.3 is 5.21 Å². The van der Waals surface area contributed by atoms with Crippen LogP contribution in [0.2, 0.25) is 0 Å². The monoisotopic (exact) mass is 232 g/mol. The number of Topliss-reactive ketones (excluding diaryl/α,β-unsaturated/α-hetero) is 1. The molecule has 0 saturated carbocycles. The average Bonchev–Trinajstić information content (AvgIpc) is 2.40. The van der Waals surface area contributed by atoms with Gasteiger partial charge in [0.1, 0.15) is 0 Å². The topological polar surface area (TPSA) is 52.9 Å². The number of nitrogens with zero attached hydrogens (tertiary/aromatic N) is 2. The van der Waals surface area contributed by atoms with Crippen LogP contribution >= 0.6 is 0 Å². The highest BCUT2D eigenvalue weighted by Crippen LogP contribution is 2.09. The van der Waals surface area contributed by atoms with E-state index >= 15 is 0 Å². The Hall–Kier alpha value is -1.68. The third-order valence-electron chi connectivity index (χ3n) is 3.04. The minimum Gasteiger partial charge on any atom is -0.411 e. The van der Waals surface area contributed by atoms with Gasteiger partial charge in [0.15, 0.2) is 5.78 Å². The van der Waals surface area contributed by atoms with Crippen molar-refractivity contribution in [2.45, 2.75) is 12.8 Å². The molecule has 1 saturated heterocycles. The Morgan fingerprint density at radius 1 is 1.24 bits per heavy atom. The minimum atomic E-state index is 0.148. The summed E-state index contributed by atoms with van der Waals surface area (Å²) >= 11 is 0. The van der Waals surface area contributed by atoms with Gasteiger partial charge in [-0.15, -0.1) is 0 Å². The fourth-order valence-corrected chi connectivity index (χ4v) is 1.99. The number of piperidine rings is 1. The van der Waals surface area contributed by atoms with Gasteiger partial charge in [-0.1, -0.05) is 35.5 Å². The Labute approximate surface area is 101 Å². The van der Waals surface area contributed by atoms with Gasteiger partial charge in [0.2, 0.25) is 0 Å². The van der Waals surface area contributed by atoms with E-state index in [-0.39, 0.29) is 5.78 Å². The zero-order valence-electron chi connectivity index (χ0n) is 9.67. The van der Waals surface area contributed by atoms with Crippen molar-refractivity contribution >= 4 is 11.5 Å². The fraction of sp³-hybridized carbons (Fsp3) is 0.385. The van der Waals surface area contributed by atoms with E-state index in [1.54, 1.807) is 0 Å². The van der Waals surface area contributed by atoms with E-state index in [9.17, 15) is 4.79 Å². The van der Waals surface area contributed by atoms with Crippen molar-refractivity contribution in [2.75, 3.05) is 19.6 Å². The molecule has 4 nitrogen and oxygen atoms in total. The van der Waals surface area contributed by atoms with E-state index < -0.39 is 0 Å². The smallest absolute Gasteiger partial charge is 0.176 e. The van der Waals surface area contributed by atoms with Crippen LogP contribution in [0.1, 0.15) is 23.2 Å². The quantitative estimate of drug-likeness (QED) is 0.491. The first-order valence-electron chi connectivity index (χ1n) is 5.80. The molecule has 90 valence electrons. The van der Waals surface area contributed by atoms with E-state index in [0.29, 0.717) is 6.54 Å². The first-order valence-corrected chi connectivity index (χ1v) is 5.80. The number of ketones is 1. The lowest BCUT2D eigenvalue weighted by Crippen LogP contribution is -2.37. The Morgan fingerprint density at radius 3 is 2.47 bits per heavy atom. The number of benzene rings is 1. The molecule has 2 rings (SSSR count). The molecule has 1 aromatic rings. The summed E-state index contributed by atoms with van der Waals surface area (Å²) in [6, 6.07) is 9.33. The predicted octanol–water partition coefficient (Wildman–Crippen LogP) is 1.80. The third kappa shape index (κ3) is 3.14. The van der Waals surface area contributed by atoms with Gasteiger partial charge >= 0.3 is 0 Å². The highest BCUT2D eigenvalue weighted by molar-refractivity contribution is 5.97. The van der Waals surface area contributed by atoms with E-state index in [1.165, 1.54) is 0 Å². The third-order valence-corrected chi connectivity index (χ3v) is 3.04. The second-order valence-electron chi connectivity index (χ2n) is 4.23. The summed E-state index contributed by atoms with van der Waals surface area (Å²) in [7, 11) is 0. The van der Waals surface area contributed by atoms with Gasteiger partial charge in [-0.2, -0.15) is 0 Å². The summed E-state index contributed by atoms with van der Waals surface area (Å²) in [6.07, 6.45) is 1.50. The van der Waals surface area contributed by atoms with E-state index in [0.717, 1.165) is 37.2 Å². The minimum absolute atomic E-state index is 0.148. The summed E-state index contributed by atoms with van der Waals surface area (Å²) in [5.74, 6) is 0.148. The largest absolute Gasteiger partial charge is 0.411 e. The average molecular weight is 232 g/mol. The lowest BCUT2D eigenvalue weighted by atomic mass is 10.1. The van der Waals surface area contributed by atoms with Crippen LogP contribution in [0.25, 0.3) is 0 Å². The molecule has 1 aliphatic heterocycles. The lowest BCUT2D eigenvalue weighted by Gasteiger charge is -2.26. The van der Waals surface area contributed by atoms with Crippen molar-refractivity contribution in [1.82, 2.24) is 4.90 Å². The van der Waals surface area contributed by atoms with Crippen LogP contribution in [0, 0.1) is 0 Å². The summed E-state index contributed by atoms with van der Waals surface area (Å²) in [5, 5.41) is 11.9. The molecule has 0 unspecified atom stereocenters. The summed E-state index contributed by atoms with van der Waals surface area (Å²) in [4.78, 5) is 14.0. The number of hydrogen-bond acceptors (Lipinski definition) is 4. The molecule has 17 heavy (non-hydrogen) atoms. The molecule has 1 heterocycles. The van der Waals surface area contributed by atoms with Gasteiger partial charge in [0.05, 0.1) is 12.3 Å². The second kappa shape index (κ2) is 5.59. The number of hydrogen-bond donors (Lipinski definition) is 1. The number of carbonyl (C=O) groups is 1. The summed E-state index contributed by atoms with van der Waals surface area (Å²) in [5.41, 5.74) is 1.59. The highest BCUT2D eigenvalue weighted by atomic mass is 16.4. The Balaban J connectivity index is 1.88. The zero-order chi connectivity index (χ0) is 12.1. The molecule has 0 aliphatic carbocycles. The van der Waals surface area contributed by atoms with Crippen molar-refractivity contribution in [1.29, 1.82) is 0 Å². The van der Waals surface area contributed by atoms with E-state index in [2.05, 4.69) is 10.1 Å². The van der Waals surface area contributed by atoms with Crippen LogP contribution in [0.3, 0.4) is 0 Å². The molecule has 0 aromatic heterocycles. The molecule has 0 atom stereocenters. The molecule has 0 radical (unpaired) electrons. The van der Waals surface area contributed by atoms with Gasteiger partial charge in [-0.3, -0.25) is 9.69 Å². The maximum Gasteiger partial charge on any atom is 0.176 e. The molecule has 4 heteroatoms. The van der Waals surface area contributed by atoms with Crippen molar-refractivity contribution < 1.29 is 10.0 Å². The van der Waals surface area contributed by atoms with Gasteiger partial charge in [0.25, 0.3) is 0 Å². The first kappa shape index (κ1) is 11.8. The van der Waals surface area contributed by atoms with Crippen molar-refractivity contribution in [3.8, 4) is 0 Å². The number of likely N-dealkylation sites (tertiary alicyclic amines) is 1. The molecule has 0 spiro atoms. The van der Waals surface area contributed by atoms with Crippen LogP contribution in [0.15, 0.2) is 35.5 Å². The number of carbonyl (C=O) groups excluding carboxylic acids is 1. The Bertz CT molecular complexity index is 405. The van der Waals surface area contributed by atoms with Gasteiger partial charge in [0, 0.05) is 31.5 Å². The molecule has 0 amide bonds. The predicted molar refractivity (Wildman–Crippen MR) is 65.7 cm³/mol. The molecule has 1 N–H and O–H groups in total. The molecule has 1 aliphatic rings. The molecule has 1 fully saturated rings. The standard InChI is InChI=1S/C13H16N2O2/c16-13(11-4-2-1-3-5-11)10-15-8-6-12(14-17)7-9-15/h1-5,17H,6-10H2. The van der Waals surface area contributed by atoms with Crippen molar-refractivity contribution in [3.05, 3.63) is 35.9 Å². The van der Waals surface area contributed by atoms with Gasteiger partial charge in [-0.25, -0.2) is 0 Å². The van der Waals surface area contributed by atoms with Crippen LogP contribution < -0.4 is 0 Å². The van der Waals surface area contributed by atoms with E-state index in [4.69, 9.17) is 5.21 Å². The number of oxime groups is 1.